The van der Waals surface area contributed by atoms with Gasteiger partial charge < -0.3 is 14.6 Å². The summed E-state index contributed by atoms with van der Waals surface area (Å²) in [7, 11) is -3.79. The minimum Gasteiger partial charge on any atom is -0.545 e. The second-order valence-corrected chi connectivity index (χ2v) is 6.96. The number of halogens is 5. The summed E-state index contributed by atoms with van der Waals surface area (Å²) in [6.07, 6.45) is -5.27. The summed E-state index contributed by atoms with van der Waals surface area (Å²) in [5.41, 5.74) is -5.57. The molecule has 0 amide bonds. The average molecular weight is 390 g/mol. The minimum atomic E-state index is -5.28. The number of pyridine rings is 1. The number of sulfone groups is 1. The van der Waals surface area contributed by atoms with Crippen molar-refractivity contribution in [2.75, 3.05) is 12.0 Å². The molecular weight excluding hydrogens is 381 g/mol. The van der Waals surface area contributed by atoms with Gasteiger partial charge in [-0.1, -0.05) is 0 Å². The molecule has 0 fully saturated rings. The highest BCUT2D eigenvalue weighted by Crippen LogP contribution is 2.33. The van der Waals surface area contributed by atoms with E-state index in [-0.39, 0.29) is 6.20 Å². The van der Waals surface area contributed by atoms with Gasteiger partial charge in [-0.2, -0.15) is 22.0 Å². The molecule has 0 atom stereocenters. The highest BCUT2D eigenvalue weighted by molar-refractivity contribution is 7.90. The van der Waals surface area contributed by atoms with Gasteiger partial charge in [-0.3, -0.25) is 4.98 Å². The van der Waals surface area contributed by atoms with E-state index in [1.807, 2.05) is 0 Å². The smallest absolute Gasteiger partial charge is 0.434 e. The van der Waals surface area contributed by atoms with Crippen molar-refractivity contribution < 1.29 is 49.8 Å². The summed E-state index contributed by atoms with van der Waals surface area (Å²) in [6.45, 7) is -3.64. The van der Waals surface area contributed by atoms with Crippen molar-refractivity contribution in [1.82, 2.24) is 4.98 Å². The maximum Gasteiger partial charge on any atom is 0.434 e. The lowest BCUT2D eigenvalue weighted by Crippen LogP contribution is -2.31. The zero-order valence-electron chi connectivity index (χ0n) is 12.3. The largest absolute Gasteiger partial charge is 0.545 e. The van der Waals surface area contributed by atoms with Crippen LogP contribution in [0.25, 0.3) is 0 Å². The molecule has 140 valence electrons. The lowest BCUT2D eigenvalue weighted by atomic mass is 9.98. The molecule has 1 heterocycles. The molecule has 1 rings (SSSR count). The van der Waals surface area contributed by atoms with Crippen molar-refractivity contribution in [3.05, 3.63) is 28.6 Å². The number of carboxylic acids is 1. The number of hydrogen-bond acceptors (Lipinski definition) is 7. The van der Waals surface area contributed by atoms with Gasteiger partial charge in [0.15, 0.2) is 5.69 Å². The summed E-state index contributed by atoms with van der Waals surface area (Å²) in [4.78, 5) is 25.4. The molecule has 0 saturated heterocycles. The van der Waals surface area contributed by atoms with Crippen molar-refractivity contribution in [3.8, 4) is 0 Å². The van der Waals surface area contributed by atoms with E-state index in [0.29, 0.717) is 6.26 Å². The van der Waals surface area contributed by atoms with E-state index < -0.39 is 69.1 Å². The lowest BCUT2D eigenvalue weighted by molar-refractivity contribution is -0.256. The van der Waals surface area contributed by atoms with E-state index in [4.69, 9.17) is 0 Å². The van der Waals surface area contributed by atoms with Gasteiger partial charge in [0, 0.05) is 18.0 Å². The summed E-state index contributed by atoms with van der Waals surface area (Å²) >= 11 is 0. The number of rotatable bonds is 6. The van der Waals surface area contributed by atoms with Crippen LogP contribution in [0, 0.1) is 0 Å². The van der Waals surface area contributed by atoms with Crippen LogP contribution in [-0.4, -0.2) is 44.0 Å². The molecule has 0 N–H and O–H groups in total. The fourth-order valence-electron chi connectivity index (χ4n) is 1.85. The number of carbonyl (C=O) groups excluding carboxylic acids is 2. The van der Waals surface area contributed by atoms with Gasteiger partial charge in [-0.15, -0.1) is 0 Å². The summed E-state index contributed by atoms with van der Waals surface area (Å²) in [6, 6.07) is 0. The number of carboxylic acid groups (broad SMARTS) is 1. The summed E-state index contributed by atoms with van der Waals surface area (Å²) < 4.78 is 88.9. The zero-order valence-corrected chi connectivity index (χ0v) is 13.1. The molecule has 0 aliphatic heterocycles. The van der Waals surface area contributed by atoms with Crippen LogP contribution < -0.4 is 5.11 Å². The van der Waals surface area contributed by atoms with Crippen molar-refractivity contribution in [3.63, 3.8) is 0 Å². The molecule has 1 aromatic rings. The molecule has 0 unspecified atom stereocenters. The topological polar surface area (TPSA) is 113 Å². The number of hydrogen-bond donors (Lipinski definition) is 0. The molecule has 7 nitrogen and oxygen atoms in total. The van der Waals surface area contributed by atoms with Gasteiger partial charge in [0.2, 0.25) is 0 Å². The van der Waals surface area contributed by atoms with Crippen LogP contribution in [0.4, 0.5) is 22.0 Å². The molecule has 0 aliphatic rings. The third kappa shape index (κ3) is 5.62. The SMILES string of the molecule is CS(=O)(=O)CCc1c(C(=O)OC(F)F)cnc(C(F)(F)F)c1C(=O)[O-]. The Morgan fingerprint density at radius 3 is 2.28 bits per heavy atom. The van der Waals surface area contributed by atoms with E-state index in [9.17, 15) is 45.1 Å². The molecule has 0 radical (unpaired) electrons. The standard InChI is InChI=1S/C12H10F5NO6S/c1-25(22,23)3-2-5-6(10(21)24-11(13)14)4-18-8(12(15,16)17)7(5)9(19)20/h4,11H,2-3H2,1H3,(H,19,20)/p-1. The molecule has 13 heteroatoms. The van der Waals surface area contributed by atoms with Crippen LogP contribution in [0.5, 0.6) is 0 Å². The second-order valence-electron chi connectivity index (χ2n) is 4.71. The number of alkyl halides is 5. The van der Waals surface area contributed by atoms with Crippen LogP contribution in [0.1, 0.15) is 32.0 Å². The van der Waals surface area contributed by atoms with E-state index in [1.54, 1.807) is 0 Å². The van der Waals surface area contributed by atoms with Crippen LogP contribution in [-0.2, 0) is 27.2 Å². The molecule has 0 saturated carbocycles. The first-order valence-corrected chi connectivity index (χ1v) is 8.27. The van der Waals surface area contributed by atoms with Crippen molar-refractivity contribution >= 4 is 21.8 Å². The molecule has 1 aromatic heterocycles. The van der Waals surface area contributed by atoms with E-state index >= 15 is 0 Å². The van der Waals surface area contributed by atoms with Gasteiger partial charge in [-0.05, 0) is 12.0 Å². The third-order valence-corrected chi connectivity index (χ3v) is 3.74. The van der Waals surface area contributed by atoms with Gasteiger partial charge in [0.1, 0.15) is 9.84 Å². The van der Waals surface area contributed by atoms with Gasteiger partial charge in [0.25, 0.3) is 0 Å². The van der Waals surface area contributed by atoms with Crippen LogP contribution in [0.3, 0.4) is 0 Å². The fraction of sp³-hybridized carbons (Fsp3) is 0.417. The van der Waals surface area contributed by atoms with Gasteiger partial charge in [-0.25, -0.2) is 13.2 Å². The fourth-order valence-corrected chi connectivity index (χ4v) is 2.43. The Balaban J connectivity index is 3.65. The lowest BCUT2D eigenvalue weighted by Gasteiger charge is -2.19. The Bertz CT molecular complexity index is 790. The Hall–Kier alpha value is -2.31. The molecule has 0 bridgehead atoms. The Morgan fingerprint density at radius 2 is 1.88 bits per heavy atom. The van der Waals surface area contributed by atoms with Crippen molar-refractivity contribution in [2.24, 2.45) is 0 Å². The maximum absolute atomic E-state index is 12.9. The predicted octanol–water partition coefficient (Wildman–Crippen LogP) is 0.430. The Labute approximate surface area is 137 Å². The number of aromatic carboxylic acids is 1. The number of esters is 1. The van der Waals surface area contributed by atoms with E-state index in [0.717, 1.165) is 0 Å². The highest BCUT2D eigenvalue weighted by Gasteiger charge is 2.38. The van der Waals surface area contributed by atoms with Crippen molar-refractivity contribution in [1.29, 1.82) is 0 Å². The number of ether oxygens (including phenoxy) is 1. The first-order chi connectivity index (χ1) is 11.2. The Morgan fingerprint density at radius 1 is 1.32 bits per heavy atom. The van der Waals surface area contributed by atoms with E-state index in [2.05, 4.69) is 9.72 Å². The van der Waals surface area contributed by atoms with E-state index in [1.165, 1.54) is 0 Å². The quantitative estimate of drug-likeness (QED) is 0.511. The zero-order chi connectivity index (χ0) is 19.6. The molecule has 25 heavy (non-hydrogen) atoms. The summed E-state index contributed by atoms with van der Waals surface area (Å²) in [5, 5.41) is 11.1. The van der Waals surface area contributed by atoms with Gasteiger partial charge in [0.05, 0.1) is 17.3 Å². The first kappa shape index (κ1) is 20.7. The normalized spacial score (nSPS) is 12.3. The molecule has 0 aromatic carbocycles. The second kappa shape index (κ2) is 7.29. The van der Waals surface area contributed by atoms with Crippen LogP contribution >= 0.6 is 0 Å². The van der Waals surface area contributed by atoms with Crippen LogP contribution in [0.15, 0.2) is 6.20 Å². The predicted molar refractivity (Wildman–Crippen MR) is 68.4 cm³/mol. The average Bonchev–Trinajstić information content (AvgIpc) is 2.41. The van der Waals surface area contributed by atoms with Gasteiger partial charge >= 0.3 is 18.8 Å². The number of nitrogens with zero attached hydrogens (tertiary/aromatic N) is 1. The highest BCUT2D eigenvalue weighted by atomic mass is 32.2. The molecule has 0 spiro atoms. The maximum atomic E-state index is 12.9. The van der Waals surface area contributed by atoms with Crippen LogP contribution in [0.2, 0.25) is 0 Å². The number of aromatic nitrogens is 1. The first-order valence-electron chi connectivity index (χ1n) is 6.21. The summed E-state index contributed by atoms with van der Waals surface area (Å²) in [5.74, 6) is -5.12. The number of carbonyl (C=O) groups is 2. The minimum absolute atomic E-state index is 0.192. The monoisotopic (exact) mass is 390 g/mol. The Kier molecular flexibility index (Phi) is 6.05. The third-order valence-electron chi connectivity index (χ3n) is 2.80. The molecule has 0 aliphatic carbocycles. The van der Waals surface area contributed by atoms with Crippen molar-refractivity contribution in [2.45, 2.75) is 19.2 Å². The molecular formula is C12H9F5NO6S-.